The summed E-state index contributed by atoms with van der Waals surface area (Å²) in [6.07, 6.45) is 2.02. The normalized spacial score (nSPS) is 16.1. The van der Waals surface area contributed by atoms with Crippen molar-refractivity contribution in [3.63, 3.8) is 0 Å². The van der Waals surface area contributed by atoms with Gasteiger partial charge in [-0.1, -0.05) is 48.0 Å². The molecule has 2 aliphatic rings. The largest absolute Gasteiger partial charge is 0.339 e. The smallest absolute Gasteiger partial charge is 0.254 e. The SMILES string of the molecule is Cc1cccc(-c2ccc(C3CCN(C(=O)c4ccc5c(c4)[NH2+]NN5)CC3)cc2)c1C. The third kappa shape index (κ3) is 3.82. The van der Waals surface area contributed by atoms with Gasteiger partial charge in [0.15, 0.2) is 5.69 Å². The standard InChI is InChI=1S/C26H28N4O/c1-17-4-3-5-23(18(17)2)21-8-6-19(7-9-21)20-12-14-30(15-13-20)26(31)22-10-11-24-25(16-22)28-29-27-24/h3-11,16,20,27-29H,12-15H2,1-2H3/p+1. The van der Waals surface area contributed by atoms with Gasteiger partial charge in [-0.05, 0) is 72.6 Å². The molecule has 1 amide bonds. The molecule has 2 aliphatic heterocycles. The molecule has 0 bridgehead atoms. The van der Waals surface area contributed by atoms with Crippen LogP contribution in [-0.2, 0) is 0 Å². The summed E-state index contributed by atoms with van der Waals surface area (Å²) in [6.45, 7) is 5.97. The summed E-state index contributed by atoms with van der Waals surface area (Å²) in [6, 6.07) is 21.4. The number of nitrogens with two attached hydrogens (primary N) is 1. The summed E-state index contributed by atoms with van der Waals surface area (Å²) in [5, 5.41) is 0. The van der Waals surface area contributed by atoms with E-state index in [1.807, 2.05) is 28.5 Å². The minimum Gasteiger partial charge on any atom is -0.339 e. The van der Waals surface area contributed by atoms with Crippen LogP contribution < -0.4 is 16.4 Å². The molecule has 3 aromatic rings. The lowest BCUT2D eigenvalue weighted by Gasteiger charge is -2.32. The zero-order valence-corrected chi connectivity index (χ0v) is 18.1. The molecule has 1 fully saturated rings. The van der Waals surface area contributed by atoms with Crippen molar-refractivity contribution in [2.75, 3.05) is 18.5 Å². The highest BCUT2D eigenvalue weighted by atomic mass is 16.2. The minimum atomic E-state index is 0.131. The summed E-state index contributed by atoms with van der Waals surface area (Å²) < 4.78 is 0. The van der Waals surface area contributed by atoms with Gasteiger partial charge in [-0.2, -0.15) is 0 Å². The molecule has 0 saturated carbocycles. The topological polar surface area (TPSA) is 61.0 Å². The fourth-order valence-electron chi connectivity index (χ4n) is 4.72. The molecular formula is C26H29N4O+. The Morgan fingerprint density at radius 1 is 1.00 bits per heavy atom. The van der Waals surface area contributed by atoms with E-state index in [-0.39, 0.29) is 5.91 Å². The molecular weight excluding hydrogens is 384 g/mol. The van der Waals surface area contributed by atoms with E-state index < -0.39 is 0 Å². The molecule has 0 atom stereocenters. The molecule has 3 aromatic carbocycles. The first kappa shape index (κ1) is 19.8. The maximum absolute atomic E-state index is 13.0. The molecule has 0 unspecified atom stereocenters. The molecule has 5 heteroatoms. The third-order valence-corrected chi connectivity index (χ3v) is 6.81. The number of carbonyl (C=O) groups excluding carboxylic acids is 1. The number of quaternary nitrogens is 1. The number of nitrogens with zero attached hydrogens (tertiary/aromatic N) is 1. The summed E-state index contributed by atoms with van der Waals surface area (Å²) in [5.41, 5.74) is 17.4. The Labute approximate surface area is 183 Å². The Hall–Kier alpha value is -3.15. The van der Waals surface area contributed by atoms with Crippen LogP contribution in [0.25, 0.3) is 11.1 Å². The molecule has 2 heterocycles. The molecule has 158 valence electrons. The average molecular weight is 414 g/mol. The highest BCUT2D eigenvalue weighted by Gasteiger charge is 2.26. The number of rotatable bonds is 3. The second kappa shape index (κ2) is 8.17. The van der Waals surface area contributed by atoms with Crippen LogP contribution in [0.3, 0.4) is 0 Å². The fraction of sp³-hybridized carbons (Fsp3) is 0.269. The summed E-state index contributed by atoms with van der Waals surface area (Å²) in [5.74, 6) is 0.644. The van der Waals surface area contributed by atoms with E-state index in [4.69, 9.17) is 0 Å². The van der Waals surface area contributed by atoms with Crippen LogP contribution in [0.4, 0.5) is 11.4 Å². The van der Waals surface area contributed by atoms with Gasteiger partial charge >= 0.3 is 0 Å². The van der Waals surface area contributed by atoms with Gasteiger partial charge < -0.3 is 4.90 Å². The molecule has 5 nitrogen and oxygen atoms in total. The van der Waals surface area contributed by atoms with Gasteiger partial charge in [0.1, 0.15) is 5.69 Å². The van der Waals surface area contributed by atoms with Gasteiger partial charge in [0, 0.05) is 24.7 Å². The lowest BCUT2D eigenvalue weighted by atomic mass is 9.87. The number of nitrogens with one attached hydrogen (secondary N) is 2. The maximum Gasteiger partial charge on any atom is 0.254 e. The van der Waals surface area contributed by atoms with Gasteiger partial charge in [0.25, 0.3) is 5.91 Å². The first-order chi connectivity index (χ1) is 15.1. The molecule has 0 radical (unpaired) electrons. The Kier molecular flexibility index (Phi) is 5.22. The van der Waals surface area contributed by atoms with Gasteiger partial charge in [0.2, 0.25) is 0 Å². The number of hydrazine groups is 1. The molecule has 4 N–H and O–H groups in total. The summed E-state index contributed by atoms with van der Waals surface area (Å²) >= 11 is 0. The predicted molar refractivity (Wildman–Crippen MR) is 124 cm³/mol. The van der Waals surface area contributed by atoms with Crippen molar-refractivity contribution in [2.45, 2.75) is 32.6 Å². The monoisotopic (exact) mass is 413 g/mol. The zero-order valence-electron chi connectivity index (χ0n) is 18.1. The van der Waals surface area contributed by atoms with Crippen molar-refractivity contribution in [2.24, 2.45) is 0 Å². The molecule has 0 spiro atoms. The van der Waals surface area contributed by atoms with E-state index in [9.17, 15) is 4.79 Å². The van der Waals surface area contributed by atoms with E-state index >= 15 is 0 Å². The Morgan fingerprint density at radius 3 is 2.55 bits per heavy atom. The first-order valence-corrected chi connectivity index (χ1v) is 11.0. The van der Waals surface area contributed by atoms with E-state index in [2.05, 4.69) is 67.3 Å². The first-order valence-electron chi connectivity index (χ1n) is 11.0. The zero-order chi connectivity index (χ0) is 21.4. The predicted octanol–water partition coefficient (Wildman–Crippen LogP) is 4.03. The molecule has 0 aromatic heterocycles. The van der Waals surface area contributed by atoms with Crippen molar-refractivity contribution in [1.82, 2.24) is 10.4 Å². The number of hydrogen-bond donors (Lipinski definition) is 3. The summed E-state index contributed by atoms with van der Waals surface area (Å²) in [7, 11) is 0. The number of hydrogen-bond acceptors (Lipinski definition) is 3. The maximum atomic E-state index is 13.0. The van der Waals surface area contributed by atoms with Crippen molar-refractivity contribution in [3.8, 4) is 11.1 Å². The highest BCUT2D eigenvalue weighted by molar-refractivity contribution is 5.95. The van der Waals surface area contributed by atoms with Gasteiger partial charge in [-0.3, -0.25) is 10.2 Å². The van der Waals surface area contributed by atoms with E-state index in [1.165, 1.54) is 27.8 Å². The Morgan fingerprint density at radius 2 is 1.77 bits per heavy atom. The number of amides is 1. The third-order valence-electron chi connectivity index (χ3n) is 6.81. The van der Waals surface area contributed by atoms with Crippen LogP contribution in [0.15, 0.2) is 60.7 Å². The van der Waals surface area contributed by atoms with Gasteiger partial charge in [-0.25, -0.2) is 5.43 Å². The summed E-state index contributed by atoms with van der Waals surface area (Å²) in [4.78, 5) is 15.0. The van der Waals surface area contributed by atoms with Crippen LogP contribution in [0.2, 0.25) is 0 Å². The minimum absolute atomic E-state index is 0.131. The number of aryl methyl sites for hydroxylation is 1. The second-order valence-electron chi connectivity index (χ2n) is 8.65. The van der Waals surface area contributed by atoms with Gasteiger partial charge in [0.05, 0.1) is 0 Å². The van der Waals surface area contributed by atoms with Crippen molar-refractivity contribution in [1.29, 1.82) is 0 Å². The van der Waals surface area contributed by atoms with Crippen LogP contribution in [0.5, 0.6) is 0 Å². The number of anilines is 1. The Bertz CT molecular complexity index is 1110. The number of carbonyl (C=O) groups is 1. The van der Waals surface area contributed by atoms with E-state index in [1.54, 1.807) is 0 Å². The molecule has 31 heavy (non-hydrogen) atoms. The molecule has 5 rings (SSSR count). The van der Waals surface area contributed by atoms with E-state index in [0.717, 1.165) is 42.9 Å². The second-order valence-corrected chi connectivity index (χ2v) is 8.65. The van der Waals surface area contributed by atoms with Gasteiger partial charge in [-0.15, -0.1) is 0 Å². The van der Waals surface area contributed by atoms with Crippen LogP contribution in [-0.4, -0.2) is 23.9 Å². The lowest BCUT2D eigenvalue weighted by molar-refractivity contribution is -0.620. The number of piperidine rings is 1. The molecule has 1 saturated heterocycles. The number of fused-ring (bicyclic) bond motifs is 1. The quantitative estimate of drug-likeness (QED) is 0.449. The van der Waals surface area contributed by atoms with E-state index in [0.29, 0.717) is 5.92 Å². The van der Waals surface area contributed by atoms with Crippen LogP contribution in [0, 0.1) is 13.8 Å². The fourth-order valence-corrected chi connectivity index (χ4v) is 4.72. The van der Waals surface area contributed by atoms with Crippen molar-refractivity contribution < 1.29 is 10.2 Å². The average Bonchev–Trinajstić information content (AvgIpc) is 3.29. The Balaban J connectivity index is 1.24. The van der Waals surface area contributed by atoms with Crippen molar-refractivity contribution in [3.05, 3.63) is 82.9 Å². The van der Waals surface area contributed by atoms with Crippen molar-refractivity contribution >= 4 is 17.3 Å². The lowest BCUT2D eigenvalue weighted by Crippen LogP contribution is -2.86. The number of benzene rings is 3. The van der Waals surface area contributed by atoms with Crippen LogP contribution in [0.1, 0.15) is 45.8 Å². The highest BCUT2D eigenvalue weighted by Crippen LogP contribution is 2.32. The number of likely N-dealkylation sites (tertiary alicyclic amines) is 1. The van der Waals surface area contributed by atoms with Crippen LogP contribution >= 0.6 is 0 Å². The molecule has 0 aliphatic carbocycles.